The number of benzene rings is 2. The van der Waals surface area contributed by atoms with Crippen molar-refractivity contribution in [1.82, 2.24) is 29.1 Å². The Balaban J connectivity index is 1.25. The summed E-state index contributed by atoms with van der Waals surface area (Å²) in [6.07, 6.45) is 4.53. The monoisotopic (exact) mass is 778 g/mol. The molecule has 296 valence electrons. The summed E-state index contributed by atoms with van der Waals surface area (Å²) in [7, 11) is 0. The molecule has 0 fully saturated rings. The minimum Gasteiger partial charge on any atom is -0.491 e. The molecule has 0 atom stereocenters. The molecule has 18 nitrogen and oxygen atoms in total. The number of hydrogen-bond donors (Lipinski definition) is 4. The van der Waals surface area contributed by atoms with Gasteiger partial charge in [-0.05, 0) is 37.1 Å². The SMILES string of the molecule is C=CCn1c(NC(=O)c2oc(C)nc2CC)nc2cc(C(N)=O)cc(OCCCOc3cc(C(N)=O)cc4nc(NC(=O)c5oc(C)nc5CC)n(CC=C)c34)c21. The second-order valence-corrected chi connectivity index (χ2v) is 12.8. The van der Waals surface area contributed by atoms with Crippen molar-refractivity contribution in [1.29, 1.82) is 0 Å². The van der Waals surface area contributed by atoms with Crippen LogP contribution < -0.4 is 31.6 Å². The van der Waals surface area contributed by atoms with E-state index in [0.29, 0.717) is 64.5 Å². The van der Waals surface area contributed by atoms with Crippen molar-refractivity contribution in [3.8, 4) is 11.5 Å². The van der Waals surface area contributed by atoms with E-state index >= 15 is 0 Å². The molecular weight excluding hydrogens is 736 g/mol. The van der Waals surface area contributed by atoms with Gasteiger partial charge in [-0.1, -0.05) is 26.0 Å². The number of nitrogens with zero attached hydrogens (tertiary/aromatic N) is 6. The maximum atomic E-state index is 13.3. The standard InChI is InChI=1S/C39H42N10O8/c1-7-12-48-30-26(44-38(48)46-36(52)32-24(9-3)42-20(5)56-32)16-22(34(40)50)18-28(30)54-14-11-15-55-29-19-23(35(41)51)17-27-31(29)49(13-8-2)39(45-27)47-37(53)33-25(10-4)43-21(6)57-33/h7-8,16-19H,1-2,9-15H2,3-6H3,(H2,40,50)(H2,41,51)(H,44,46,52)(H,45,47,53). The highest BCUT2D eigenvalue weighted by Gasteiger charge is 2.25. The van der Waals surface area contributed by atoms with Gasteiger partial charge in [0.2, 0.25) is 35.2 Å². The quantitative estimate of drug-likeness (QED) is 0.0663. The number of carbonyl (C=O) groups is 4. The maximum absolute atomic E-state index is 13.3. The van der Waals surface area contributed by atoms with Crippen LogP contribution in [-0.4, -0.2) is 65.9 Å². The number of allylic oxidation sites excluding steroid dienone is 2. The third kappa shape index (κ3) is 8.10. The zero-order chi connectivity index (χ0) is 41.0. The summed E-state index contributed by atoms with van der Waals surface area (Å²) in [5.74, 6) is -0.778. The summed E-state index contributed by atoms with van der Waals surface area (Å²) >= 11 is 0. The van der Waals surface area contributed by atoms with Gasteiger partial charge in [0.15, 0.2) is 11.8 Å². The Hall–Kier alpha value is -7.24. The van der Waals surface area contributed by atoms with Crippen LogP contribution in [-0.2, 0) is 25.9 Å². The molecular formula is C39H42N10O8. The third-order valence-electron chi connectivity index (χ3n) is 8.75. The molecule has 57 heavy (non-hydrogen) atoms. The number of carbonyl (C=O) groups excluding carboxylic acids is 4. The molecule has 0 unspecified atom stereocenters. The zero-order valence-electron chi connectivity index (χ0n) is 31.9. The highest BCUT2D eigenvalue weighted by molar-refractivity contribution is 6.05. The van der Waals surface area contributed by atoms with Crippen molar-refractivity contribution < 1.29 is 37.5 Å². The number of fused-ring (bicyclic) bond motifs is 2. The largest absolute Gasteiger partial charge is 0.491 e. The molecule has 6 rings (SSSR count). The number of nitrogens with one attached hydrogen (secondary N) is 2. The molecule has 18 heteroatoms. The first-order valence-corrected chi connectivity index (χ1v) is 18.1. The van der Waals surface area contributed by atoms with Crippen molar-refractivity contribution in [2.45, 2.75) is 60.0 Å². The minimum absolute atomic E-state index is 0.0701. The lowest BCUT2D eigenvalue weighted by molar-refractivity contribution is 0.0985. The van der Waals surface area contributed by atoms with E-state index in [4.69, 9.17) is 29.8 Å². The number of amides is 4. The molecule has 0 aliphatic rings. The minimum atomic E-state index is -0.703. The van der Waals surface area contributed by atoms with Crippen LogP contribution in [0, 0.1) is 13.8 Å². The number of nitrogens with two attached hydrogens (primary N) is 2. The Bertz CT molecular complexity index is 2380. The van der Waals surface area contributed by atoms with Crippen molar-refractivity contribution in [3.05, 3.63) is 95.4 Å². The van der Waals surface area contributed by atoms with E-state index in [2.05, 4.69) is 43.7 Å². The third-order valence-corrected chi connectivity index (χ3v) is 8.75. The van der Waals surface area contributed by atoms with Crippen LogP contribution in [0.15, 0.2) is 58.4 Å². The number of hydrogen-bond acceptors (Lipinski definition) is 12. The van der Waals surface area contributed by atoms with Crippen LogP contribution in [0.5, 0.6) is 11.5 Å². The Kier molecular flexibility index (Phi) is 11.5. The van der Waals surface area contributed by atoms with Crippen LogP contribution in [0.3, 0.4) is 0 Å². The molecule has 2 aromatic carbocycles. The number of aryl methyl sites for hydroxylation is 4. The van der Waals surface area contributed by atoms with Crippen molar-refractivity contribution in [2.24, 2.45) is 11.5 Å². The van der Waals surface area contributed by atoms with E-state index < -0.39 is 23.6 Å². The van der Waals surface area contributed by atoms with Gasteiger partial charge in [-0.15, -0.1) is 13.2 Å². The fourth-order valence-electron chi connectivity index (χ4n) is 6.28. The molecule has 0 bridgehead atoms. The summed E-state index contributed by atoms with van der Waals surface area (Å²) in [5, 5.41) is 5.58. The topological polar surface area (TPSA) is 251 Å². The Morgan fingerprint density at radius 3 is 1.46 bits per heavy atom. The summed E-state index contributed by atoms with van der Waals surface area (Å²) < 4.78 is 26.9. The first-order chi connectivity index (χ1) is 27.4. The summed E-state index contributed by atoms with van der Waals surface area (Å²) in [5.41, 5.74) is 14.2. The van der Waals surface area contributed by atoms with E-state index in [1.165, 1.54) is 24.3 Å². The Morgan fingerprint density at radius 2 is 1.11 bits per heavy atom. The molecule has 0 aliphatic heterocycles. The van der Waals surface area contributed by atoms with Crippen LogP contribution in [0.2, 0.25) is 0 Å². The van der Waals surface area contributed by atoms with Crippen LogP contribution in [0.4, 0.5) is 11.9 Å². The number of oxazole rings is 2. The second-order valence-electron chi connectivity index (χ2n) is 12.8. The van der Waals surface area contributed by atoms with E-state index in [-0.39, 0.29) is 72.3 Å². The first-order valence-electron chi connectivity index (χ1n) is 18.1. The van der Waals surface area contributed by atoms with E-state index in [0.717, 1.165) is 0 Å². The summed E-state index contributed by atoms with van der Waals surface area (Å²) in [6, 6.07) is 6.02. The lowest BCUT2D eigenvalue weighted by Crippen LogP contribution is -2.17. The molecule has 4 aromatic heterocycles. The van der Waals surface area contributed by atoms with Gasteiger partial charge in [-0.2, -0.15) is 0 Å². The summed E-state index contributed by atoms with van der Waals surface area (Å²) in [4.78, 5) is 69.0. The normalized spacial score (nSPS) is 11.2. The van der Waals surface area contributed by atoms with Crippen molar-refractivity contribution in [2.75, 3.05) is 23.8 Å². The average Bonchev–Trinajstić information content (AvgIpc) is 3.94. The molecule has 4 heterocycles. The molecule has 0 aliphatic carbocycles. The predicted octanol–water partition coefficient (Wildman–Crippen LogP) is 5.03. The van der Waals surface area contributed by atoms with Gasteiger partial charge in [0, 0.05) is 44.5 Å². The lowest BCUT2D eigenvalue weighted by Gasteiger charge is -2.14. The maximum Gasteiger partial charge on any atom is 0.295 e. The van der Waals surface area contributed by atoms with Crippen LogP contribution >= 0.6 is 0 Å². The van der Waals surface area contributed by atoms with E-state index in [1.807, 2.05) is 13.8 Å². The van der Waals surface area contributed by atoms with Gasteiger partial charge in [0.25, 0.3) is 11.8 Å². The van der Waals surface area contributed by atoms with Crippen molar-refractivity contribution >= 4 is 57.6 Å². The molecule has 4 amide bonds. The number of anilines is 2. The number of imidazole rings is 2. The number of rotatable bonds is 18. The predicted molar refractivity (Wildman–Crippen MR) is 210 cm³/mol. The highest BCUT2D eigenvalue weighted by atomic mass is 16.5. The second kappa shape index (κ2) is 16.6. The molecule has 6 aromatic rings. The number of aromatic nitrogens is 6. The number of ether oxygens (including phenoxy) is 2. The zero-order valence-corrected chi connectivity index (χ0v) is 31.9. The first kappa shape index (κ1) is 39.5. The van der Waals surface area contributed by atoms with Gasteiger partial charge >= 0.3 is 0 Å². The number of primary amides is 2. The smallest absolute Gasteiger partial charge is 0.295 e. The van der Waals surface area contributed by atoms with E-state index in [9.17, 15) is 19.2 Å². The van der Waals surface area contributed by atoms with E-state index in [1.54, 1.807) is 35.1 Å². The van der Waals surface area contributed by atoms with Crippen LogP contribution in [0.25, 0.3) is 22.1 Å². The van der Waals surface area contributed by atoms with Gasteiger partial charge < -0.3 is 38.9 Å². The Morgan fingerprint density at radius 1 is 0.702 bits per heavy atom. The van der Waals surface area contributed by atoms with Gasteiger partial charge in [-0.3, -0.25) is 29.8 Å². The average molecular weight is 779 g/mol. The van der Waals surface area contributed by atoms with Crippen LogP contribution in [0.1, 0.15) is 85.3 Å². The molecule has 0 saturated carbocycles. The molecule has 0 spiro atoms. The van der Waals surface area contributed by atoms with Gasteiger partial charge in [0.05, 0.1) is 35.6 Å². The summed E-state index contributed by atoms with van der Waals surface area (Å²) in [6.45, 7) is 15.4. The molecule has 0 radical (unpaired) electrons. The molecule has 0 saturated heterocycles. The van der Waals surface area contributed by atoms with Gasteiger partial charge in [-0.25, -0.2) is 19.9 Å². The van der Waals surface area contributed by atoms with Crippen molar-refractivity contribution in [3.63, 3.8) is 0 Å². The highest BCUT2D eigenvalue weighted by Crippen LogP contribution is 2.33. The van der Waals surface area contributed by atoms with Gasteiger partial charge in [0.1, 0.15) is 22.5 Å². The lowest BCUT2D eigenvalue weighted by atomic mass is 10.1. The Labute approximate surface area is 325 Å². The fraction of sp³-hybridized carbons (Fsp3) is 0.282. The molecule has 6 N–H and O–H groups in total. The fourth-order valence-corrected chi connectivity index (χ4v) is 6.28.